The highest BCUT2D eigenvalue weighted by atomic mass is 15.2. The van der Waals surface area contributed by atoms with Gasteiger partial charge in [-0.3, -0.25) is 4.90 Å². The van der Waals surface area contributed by atoms with Gasteiger partial charge in [0.15, 0.2) is 0 Å². The highest BCUT2D eigenvalue weighted by Gasteiger charge is 2.33. The van der Waals surface area contributed by atoms with Crippen molar-refractivity contribution in [2.75, 3.05) is 27.2 Å². The first-order chi connectivity index (χ1) is 9.10. The average molecular weight is 262 g/mol. The predicted molar refractivity (Wildman–Crippen MR) is 77.9 cm³/mol. The Morgan fingerprint density at radius 2 is 1.95 bits per heavy atom. The summed E-state index contributed by atoms with van der Waals surface area (Å²) in [6.07, 6.45) is 6.51. The zero-order valence-corrected chi connectivity index (χ0v) is 12.6. The van der Waals surface area contributed by atoms with Gasteiger partial charge >= 0.3 is 0 Å². The maximum atomic E-state index is 4.28. The fraction of sp³-hybridized carbons (Fsp3) is 0.733. The van der Waals surface area contributed by atoms with Gasteiger partial charge in [0.2, 0.25) is 0 Å². The Morgan fingerprint density at radius 1 is 1.26 bits per heavy atom. The van der Waals surface area contributed by atoms with Gasteiger partial charge in [-0.25, -0.2) is 9.97 Å². The van der Waals surface area contributed by atoms with Crippen LogP contribution in [-0.4, -0.2) is 53.0 Å². The van der Waals surface area contributed by atoms with Gasteiger partial charge in [-0.15, -0.1) is 0 Å². The van der Waals surface area contributed by atoms with Crippen LogP contribution in [0.5, 0.6) is 0 Å². The van der Waals surface area contributed by atoms with Crippen molar-refractivity contribution in [2.45, 2.75) is 39.3 Å². The normalized spacial score (nSPS) is 24.3. The van der Waals surface area contributed by atoms with Gasteiger partial charge in [0.25, 0.3) is 0 Å². The van der Waals surface area contributed by atoms with Crippen LogP contribution in [0, 0.1) is 12.8 Å². The number of hydrogen-bond donors (Lipinski definition) is 0. The number of aryl methyl sites for hydroxylation is 1. The molecule has 0 unspecified atom stereocenters. The molecule has 0 bridgehead atoms. The Labute approximate surface area is 116 Å². The summed E-state index contributed by atoms with van der Waals surface area (Å²) in [5.41, 5.74) is 1.22. The topological polar surface area (TPSA) is 32.3 Å². The maximum absolute atomic E-state index is 4.28. The molecule has 0 radical (unpaired) electrons. The smallest absolute Gasteiger partial charge is 0.125 e. The SMILES string of the molecule is CCC[C@@H]1CN(Cc2cnc(C)nc2)C[C@H]1N(C)C. The van der Waals surface area contributed by atoms with Gasteiger partial charge in [-0.05, 0) is 33.4 Å². The summed E-state index contributed by atoms with van der Waals surface area (Å²) >= 11 is 0. The van der Waals surface area contributed by atoms with Gasteiger partial charge in [0.1, 0.15) is 5.82 Å². The second-order valence-corrected chi connectivity index (χ2v) is 5.91. The van der Waals surface area contributed by atoms with E-state index in [2.05, 4.69) is 40.8 Å². The number of hydrogen-bond acceptors (Lipinski definition) is 4. The lowest BCUT2D eigenvalue weighted by Crippen LogP contribution is -2.35. The number of likely N-dealkylation sites (N-methyl/N-ethyl adjacent to an activating group) is 1. The van der Waals surface area contributed by atoms with Crippen molar-refractivity contribution in [3.8, 4) is 0 Å². The van der Waals surface area contributed by atoms with Crippen LogP contribution in [0.15, 0.2) is 12.4 Å². The first kappa shape index (κ1) is 14.4. The number of rotatable bonds is 5. The van der Waals surface area contributed by atoms with Crippen molar-refractivity contribution < 1.29 is 0 Å². The van der Waals surface area contributed by atoms with Crippen LogP contribution in [0.4, 0.5) is 0 Å². The third-order valence-corrected chi connectivity index (χ3v) is 4.05. The molecule has 4 heteroatoms. The number of aromatic nitrogens is 2. The van der Waals surface area contributed by atoms with Gasteiger partial charge < -0.3 is 4.90 Å². The second-order valence-electron chi connectivity index (χ2n) is 5.91. The van der Waals surface area contributed by atoms with E-state index in [9.17, 15) is 0 Å². The Kier molecular flexibility index (Phi) is 4.88. The minimum absolute atomic E-state index is 0.686. The average Bonchev–Trinajstić information content (AvgIpc) is 2.76. The summed E-state index contributed by atoms with van der Waals surface area (Å²) in [6.45, 7) is 7.54. The summed E-state index contributed by atoms with van der Waals surface area (Å²) in [4.78, 5) is 13.5. The Morgan fingerprint density at radius 3 is 2.53 bits per heavy atom. The van der Waals surface area contributed by atoms with Crippen LogP contribution >= 0.6 is 0 Å². The minimum atomic E-state index is 0.686. The van der Waals surface area contributed by atoms with Gasteiger partial charge in [0.05, 0.1) is 0 Å². The van der Waals surface area contributed by atoms with Crippen molar-refractivity contribution in [1.82, 2.24) is 19.8 Å². The molecule has 4 nitrogen and oxygen atoms in total. The quantitative estimate of drug-likeness (QED) is 0.812. The zero-order valence-electron chi connectivity index (χ0n) is 12.6. The Hall–Kier alpha value is -1.00. The lowest BCUT2D eigenvalue weighted by Gasteiger charge is -2.24. The molecule has 0 aliphatic carbocycles. The summed E-state index contributed by atoms with van der Waals surface area (Å²) in [6, 6.07) is 0.686. The lowest BCUT2D eigenvalue weighted by atomic mass is 9.98. The second kappa shape index (κ2) is 6.44. The van der Waals surface area contributed by atoms with E-state index in [0.717, 1.165) is 24.8 Å². The summed E-state index contributed by atoms with van der Waals surface area (Å²) in [5, 5.41) is 0. The lowest BCUT2D eigenvalue weighted by molar-refractivity contribution is 0.238. The summed E-state index contributed by atoms with van der Waals surface area (Å²) in [5.74, 6) is 1.64. The van der Waals surface area contributed by atoms with Crippen molar-refractivity contribution >= 4 is 0 Å². The molecule has 1 aliphatic rings. The fourth-order valence-corrected chi connectivity index (χ4v) is 3.07. The highest BCUT2D eigenvalue weighted by Crippen LogP contribution is 2.25. The van der Waals surface area contributed by atoms with E-state index in [4.69, 9.17) is 0 Å². The number of likely N-dealkylation sites (tertiary alicyclic amines) is 1. The first-order valence-corrected chi connectivity index (χ1v) is 7.26. The van der Waals surface area contributed by atoms with Crippen molar-refractivity contribution in [3.05, 3.63) is 23.8 Å². The third-order valence-electron chi connectivity index (χ3n) is 4.05. The standard InChI is InChI=1S/C15H26N4/c1-5-6-14-10-19(11-15(14)18(3)4)9-13-7-16-12(2)17-8-13/h7-8,14-15H,5-6,9-11H2,1-4H3/t14-,15-/m1/s1. The van der Waals surface area contributed by atoms with Crippen LogP contribution in [-0.2, 0) is 6.54 Å². The van der Waals surface area contributed by atoms with E-state index < -0.39 is 0 Å². The van der Waals surface area contributed by atoms with Crippen molar-refractivity contribution in [1.29, 1.82) is 0 Å². The largest absolute Gasteiger partial charge is 0.305 e. The molecule has 2 rings (SSSR count). The summed E-state index contributed by atoms with van der Waals surface area (Å²) in [7, 11) is 4.40. The minimum Gasteiger partial charge on any atom is -0.305 e. The first-order valence-electron chi connectivity index (χ1n) is 7.26. The molecule has 106 valence electrons. The molecule has 0 N–H and O–H groups in total. The van der Waals surface area contributed by atoms with Gasteiger partial charge in [0, 0.05) is 43.6 Å². The van der Waals surface area contributed by atoms with Crippen LogP contribution in [0.25, 0.3) is 0 Å². The molecule has 19 heavy (non-hydrogen) atoms. The van der Waals surface area contributed by atoms with Crippen LogP contribution < -0.4 is 0 Å². The maximum Gasteiger partial charge on any atom is 0.125 e. The molecule has 0 amide bonds. The molecule has 0 spiro atoms. The molecule has 0 aromatic carbocycles. The molecule has 1 aromatic heterocycles. The van der Waals surface area contributed by atoms with Crippen molar-refractivity contribution in [2.24, 2.45) is 5.92 Å². The van der Waals surface area contributed by atoms with E-state index in [1.54, 1.807) is 0 Å². The molecule has 2 heterocycles. The highest BCUT2D eigenvalue weighted by molar-refractivity contribution is 5.05. The molecule has 1 fully saturated rings. The van der Waals surface area contributed by atoms with Crippen LogP contribution in [0.2, 0.25) is 0 Å². The van der Waals surface area contributed by atoms with E-state index in [1.807, 2.05) is 19.3 Å². The molecule has 1 aromatic rings. The van der Waals surface area contributed by atoms with E-state index >= 15 is 0 Å². The van der Waals surface area contributed by atoms with Crippen LogP contribution in [0.1, 0.15) is 31.2 Å². The monoisotopic (exact) mass is 262 g/mol. The predicted octanol–water partition coefficient (Wildman–Crippen LogP) is 1.95. The van der Waals surface area contributed by atoms with E-state index in [0.29, 0.717) is 6.04 Å². The number of nitrogens with zero attached hydrogens (tertiary/aromatic N) is 4. The molecule has 0 saturated carbocycles. The zero-order chi connectivity index (χ0) is 13.8. The fourth-order valence-electron chi connectivity index (χ4n) is 3.07. The molecular formula is C15H26N4. The van der Waals surface area contributed by atoms with E-state index in [1.165, 1.54) is 24.9 Å². The van der Waals surface area contributed by atoms with Gasteiger partial charge in [-0.2, -0.15) is 0 Å². The summed E-state index contributed by atoms with van der Waals surface area (Å²) < 4.78 is 0. The van der Waals surface area contributed by atoms with Crippen LogP contribution in [0.3, 0.4) is 0 Å². The molecule has 1 saturated heterocycles. The Balaban J connectivity index is 1.97. The van der Waals surface area contributed by atoms with Gasteiger partial charge in [-0.1, -0.05) is 13.3 Å². The molecule has 1 aliphatic heterocycles. The van der Waals surface area contributed by atoms with Crippen molar-refractivity contribution in [3.63, 3.8) is 0 Å². The molecular weight excluding hydrogens is 236 g/mol. The third kappa shape index (κ3) is 3.74. The van der Waals surface area contributed by atoms with E-state index in [-0.39, 0.29) is 0 Å². The Bertz CT molecular complexity index is 388. The molecule has 2 atom stereocenters.